The first-order valence-electron chi connectivity index (χ1n) is 15.2. The van der Waals surface area contributed by atoms with E-state index >= 15 is 0 Å². The molecule has 1 aromatic heterocycles. The van der Waals surface area contributed by atoms with Crippen LogP contribution in [-0.2, 0) is 25.4 Å². The van der Waals surface area contributed by atoms with Crippen LogP contribution in [0.25, 0.3) is 31.9 Å². The normalized spacial score (nSPS) is 17.0. The van der Waals surface area contributed by atoms with Crippen molar-refractivity contribution in [3.05, 3.63) is 119 Å². The van der Waals surface area contributed by atoms with Gasteiger partial charge in [0.2, 0.25) is 6.29 Å². The summed E-state index contributed by atoms with van der Waals surface area (Å²) in [5.74, 6) is -0.174. The molecule has 0 saturated heterocycles. The lowest BCUT2D eigenvalue weighted by Gasteiger charge is -2.30. The number of aliphatic hydroxyl groups excluding tert-OH is 1. The van der Waals surface area contributed by atoms with Gasteiger partial charge in [0.15, 0.2) is 5.76 Å². The van der Waals surface area contributed by atoms with Gasteiger partial charge in [-0.05, 0) is 89.2 Å². The lowest BCUT2D eigenvalue weighted by molar-refractivity contribution is -0.148. The van der Waals surface area contributed by atoms with E-state index in [1.165, 1.54) is 33.4 Å². The predicted octanol–water partition coefficient (Wildman–Crippen LogP) is 7.22. The first-order valence-corrected chi connectivity index (χ1v) is 16.0. The second-order valence-corrected chi connectivity index (χ2v) is 12.4. The van der Waals surface area contributed by atoms with Crippen molar-refractivity contribution in [1.29, 1.82) is 0 Å². The van der Waals surface area contributed by atoms with Crippen LogP contribution in [0.5, 0.6) is 0 Å². The molecule has 45 heavy (non-hydrogen) atoms. The van der Waals surface area contributed by atoms with E-state index in [9.17, 15) is 4.79 Å². The molecule has 228 valence electrons. The molecule has 7 rings (SSSR count). The number of ether oxygens (including phenoxy) is 3. The van der Waals surface area contributed by atoms with Gasteiger partial charge in [0, 0.05) is 23.6 Å². The van der Waals surface area contributed by atoms with Crippen LogP contribution in [0, 0.1) is 6.92 Å². The van der Waals surface area contributed by atoms with Crippen molar-refractivity contribution in [2.24, 2.45) is 0 Å². The Morgan fingerprint density at radius 2 is 1.84 bits per heavy atom. The SMILES string of the molecule is Cc1ccc2nc(-c3ccc(NC(=O)C4=CC(c5cccc6c5Cc5ccccc5-6)CC(OCCOCCO)O4)cc3)sc2c1. The number of amides is 1. The van der Waals surface area contributed by atoms with Crippen LogP contribution in [0.1, 0.15) is 34.6 Å². The van der Waals surface area contributed by atoms with Crippen LogP contribution in [0.15, 0.2) is 96.8 Å². The third-order valence-electron chi connectivity index (χ3n) is 8.27. The standard InChI is InChI=1S/C37H34N2O5S/c1-23-9-14-32-34(19-23)45-37(39-32)24-10-12-27(13-11-24)38-36(41)33-21-26(22-35(44-33)43-18-17-42-16-15-40)29-7-4-8-30-28-6-3-2-5-25(28)20-31(29)30/h2-14,19,21,26,35,40H,15-18,20,22H2,1H3,(H,38,41). The smallest absolute Gasteiger partial charge is 0.290 e. The van der Waals surface area contributed by atoms with Gasteiger partial charge in [-0.25, -0.2) is 4.98 Å². The number of benzene rings is 4. The predicted molar refractivity (Wildman–Crippen MR) is 177 cm³/mol. The molecule has 2 unspecified atom stereocenters. The van der Waals surface area contributed by atoms with Gasteiger partial charge in [-0.2, -0.15) is 0 Å². The minimum absolute atomic E-state index is 0.0438. The van der Waals surface area contributed by atoms with Crippen LogP contribution < -0.4 is 5.32 Å². The minimum Gasteiger partial charge on any atom is -0.459 e. The summed E-state index contributed by atoms with van der Waals surface area (Å²) >= 11 is 1.66. The number of rotatable bonds is 10. The molecule has 2 N–H and O–H groups in total. The number of hydrogen-bond donors (Lipinski definition) is 2. The summed E-state index contributed by atoms with van der Waals surface area (Å²) in [6.07, 6.45) is 2.73. The first kappa shape index (κ1) is 29.4. The summed E-state index contributed by atoms with van der Waals surface area (Å²) in [4.78, 5) is 18.4. The maximum Gasteiger partial charge on any atom is 0.290 e. The Labute approximate surface area is 266 Å². The molecule has 1 aliphatic carbocycles. The number of aryl methyl sites for hydroxylation is 1. The van der Waals surface area contributed by atoms with E-state index in [0.717, 1.165) is 27.2 Å². The Morgan fingerprint density at radius 1 is 1.00 bits per heavy atom. The van der Waals surface area contributed by atoms with Gasteiger partial charge in [-0.1, -0.05) is 48.5 Å². The van der Waals surface area contributed by atoms with Crippen molar-refractivity contribution >= 4 is 33.1 Å². The molecule has 2 atom stereocenters. The van der Waals surface area contributed by atoms with Gasteiger partial charge >= 0.3 is 0 Å². The third-order valence-corrected chi connectivity index (χ3v) is 9.34. The molecule has 1 aliphatic heterocycles. The minimum atomic E-state index is -0.622. The highest BCUT2D eigenvalue weighted by atomic mass is 32.1. The molecule has 2 aliphatic rings. The van der Waals surface area contributed by atoms with E-state index in [1.807, 2.05) is 36.4 Å². The lowest BCUT2D eigenvalue weighted by Crippen LogP contribution is -2.30. The van der Waals surface area contributed by atoms with E-state index in [4.69, 9.17) is 24.3 Å². The highest BCUT2D eigenvalue weighted by Crippen LogP contribution is 2.43. The molecular weight excluding hydrogens is 584 g/mol. The van der Waals surface area contributed by atoms with E-state index < -0.39 is 6.29 Å². The maximum absolute atomic E-state index is 13.6. The molecule has 0 spiro atoms. The highest BCUT2D eigenvalue weighted by Gasteiger charge is 2.32. The second kappa shape index (κ2) is 12.9. The molecule has 0 fully saturated rings. The molecule has 8 heteroatoms. The topological polar surface area (TPSA) is 89.9 Å². The molecule has 1 amide bonds. The fraction of sp³-hybridized carbons (Fsp3) is 0.243. The molecule has 2 heterocycles. The second-order valence-electron chi connectivity index (χ2n) is 11.4. The monoisotopic (exact) mass is 618 g/mol. The Hall–Kier alpha value is -4.34. The first-order chi connectivity index (χ1) is 22.1. The third kappa shape index (κ3) is 6.28. The van der Waals surface area contributed by atoms with Crippen molar-refractivity contribution in [2.45, 2.75) is 32.0 Å². The highest BCUT2D eigenvalue weighted by molar-refractivity contribution is 7.21. The van der Waals surface area contributed by atoms with Gasteiger partial charge in [0.1, 0.15) is 5.01 Å². The van der Waals surface area contributed by atoms with Gasteiger partial charge < -0.3 is 24.6 Å². The van der Waals surface area contributed by atoms with Crippen molar-refractivity contribution in [2.75, 3.05) is 31.7 Å². The summed E-state index contributed by atoms with van der Waals surface area (Å²) < 4.78 is 18.7. The number of carbonyl (C=O) groups is 1. The molecule has 7 nitrogen and oxygen atoms in total. The van der Waals surface area contributed by atoms with Crippen molar-refractivity contribution < 1.29 is 24.1 Å². The zero-order valence-electron chi connectivity index (χ0n) is 25.0. The van der Waals surface area contributed by atoms with Crippen molar-refractivity contribution in [3.8, 4) is 21.7 Å². The Kier molecular flexibility index (Phi) is 8.45. The number of aromatic nitrogens is 1. The Bertz CT molecular complexity index is 1880. The number of fused-ring (bicyclic) bond motifs is 4. The molecular formula is C37H34N2O5S. The van der Waals surface area contributed by atoms with Crippen LogP contribution in [0.2, 0.25) is 0 Å². The zero-order valence-corrected chi connectivity index (χ0v) is 25.8. The summed E-state index contributed by atoms with van der Waals surface area (Å²) in [7, 11) is 0. The number of nitrogens with one attached hydrogen (secondary N) is 1. The average molecular weight is 619 g/mol. The van der Waals surface area contributed by atoms with Gasteiger partial charge in [0.05, 0.1) is 36.6 Å². The summed E-state index contributed by atoms with van der Waals surface area (Å²) in [6.45, 7) is 2.90. The lowest BCUT2D eigenvalue weighted by atomic mass is 9.87. The number of nitrogens with zero attached hydrogens (tertiary/aromatic N) is 1. The van der Waals surface area contributed by atoms with Crippen molar-refractivity contribution in [3.63, 3.8) is 0 Å². The van der Waals surface area contributed by atoms with E-state index in [-0.39, 0.29) is 37.4 Å². The number of aliphatic hydroxyl groups is 1. The van der Waals surface area contributed by atoms with E-state index in [2.05, 4.69) is 66.8 Å². The molecule has 0 radical (unpaired) electrons. The Balaban J connectivity index is 1.11. The molecule has 0 saturated carbocycles. The fourth-order valence-corrected chi connectivity index (χ4v) is 7.18. The van der Waals surface area contributed by atoms with Crippen LogP contribution in [-0.4, -0.2) is 48.7 Å². The number of allylic oxidation sites excluding steroid dienone is 1. The van der Waals surface area contributed by atoms with E-state index in [0.29, 0.717) is 18.7 Å². The maximum atomic E-state index is 13.6. The largest absolute Gasteiger partial charge is 0.459 e. The van der Waals surface area contributed by atoms with Crippen LogP contribution in [0.4, 0.5) is 5.69 Å². The average Bonchev–Trinajstić information content (AvgIpc) is 3.66. The van der Waals surface area contributed by atoms with Crippen LogP contribution in [0.3, 0.4) is 0 Å². The summed E-state index contributed by atoms with van der Waals surface area (Å²) in [6, 6.07) is 28.9. The number of carbonyl (C=O) groups excluding carboxylic acids is 1. The summed E-state index contributed by atoms with van der Waals surface area (Å²) in [5, 5.41) is 13.0. The van der Waals surface area contributed by atoms with Crippen molar-refractivity contribution in [1.82, 2.24) is 4.98 Å². The van der Waals surface area contributed by atoms with Crippen LogP contribution >= 0.6 is 11.3 Å². The zero-order chi connectivity index (χ0) is 30.8. The van der Waals surface area contributed by atoms with Gasteiger partial charge in [-0.15, -0.1) is 11.3 Å². The quantitative estimate of drug-likeness (QED) is 0.158. The number of thiazole rings is 1. The number of anilines is 1. The molecule has 5 aromatic rings. The Morgan fingerprint density at radius 3 is 2.71 bits per heavy atom. The van der Waals surface area contributed by atoms with Gasteiger partial charge in [-0.3, -0.25) is 4.79 Å². The van der Waals surface area contributed by atoms with Gasteiger partial charge in [0.25, 0.3) is 5.91 Å². The van der Waals surface area contributed by atoms with E-state index in [1.54, 1.807) is 11.3 Å². The fourth-order valence-electron chi connectivity index (χ4n) is 6.11. The summed E-state index contributed by atoms with van der Waals surface area (Å²) in [5.41, 5.74) is 10.1. The molecule has 0 bridgehead atoms. The number of hydrogen-bond acceptors (Lipinski definition) is 7. The molecule has 4 aromatic carbocycles.